The topological polar surface area (TPSA) is 41.1 Å². The van der Waals surface area contributed by atoms with Gasteiger partial charge in [0.25, 0.3) is 0 Å². The van der Waals surface area contributed by atoms with Crippen molar-refractivity contribution in [2.45, 2.75) is 6.92 Å². The van der Waals surface area contributed by atoms with E-state index < -0.39 is 11.6 Å². The maximum atomic E-state index is 13.4. The Labute approximate surface area is 115 Å². The Kier molecular flexibility index (Phi) is 4.30. The van der Waals surface area contributed by atoms with E-state index in [-0.39, 0.29) is 18.1 Å². The fourth-order valence-corrected chi connectivity index (χ4v) is 1.66. The largest absolute Gasteiger partial charge is 0.374 e. The molecule has 0 radical (unpaired) electrons. The number of benzene rings is 2. The summed E-state index contributed by atoms with van der Waals surface area (Å²) in [5, 5.41) is 5.21. The molecule has 0 saturated carbocycles. The van der Waals surface area contributed by atoms with Crippen molar-refractivity contribution in [2.75, 3.05) is 17.2 Å². The van der Waals surface area contributed by atoms with E-state index in [2.05, 4.69) is 10.6 Å². The predicted octanol–water partition coefficient (Wildman–Crippen LogP) is 3.32. The monoisotopic (exact) mass is 276 g/mol. The molecule has 0 aliphatic carbocycles. The number of halogens is 2. The first-order valence-electron chi connectivity index (χ1n) is 6.10. The highest BCUT2D eigenvalue weighted by Crippen LogP contribution is 2.16. The smallest absolute Gasteiger partial charge is 0.243 e. The fourth-order valence-electron chi connectivity index (χ4n) is 1.66. The minimum Gasteiger partial charge on any atom is -0.374 e. The minimum atomic E-state index is -0.990. The van der Waals surface area contributed by atoms with Gasteiger partial charge in [0.2, 0.25) is 5.91 Å². The van der Waals surface area contributed by atoms with Crippen LogP contribution < -0.4 is 10.6 Å². The SMILES string of the molecule is Cc1ccc(NC(=O)CNc2cccc(F)c2F)cc1. The van der Waals surface area contributed by atoms with Crippen molar-refractivity contribution in [2.24, 2.45) is 0 Å². The normalized spacial score (nSPS) is 10.2. The van der Waals surface area contributed by atoms with Crippen LogP contribution in [0.5, 0.6) is 0 Å². The van der Waals surface area contributed by atoms with E-state index >= 15 is 0 Å². The van der Waals surface area contributed by atoms with Crippen LogP contribution >= 0.6 is 0 Å². The van der Waals surface area contributed by atoms with Crippen molar-refractivity contribution in [1.29, 1.82) is 0 Å². The van der Waals surface area contributed by atoms with Gasteiger partial charge in [0.15, 0.2) is 11.6 Å². The van der Waals surface area contributed by atoms with E-state index in [0.29, 0.717) is 5.69 Å². The summed E-state index contributed by atoms with van der Waals surface area (Å²) in [6.07, 6.45) is 0. The molecule has 104 valence electrons. The Balaban J connectivity index is 1.92. The standard InChI is InChI=1S/C15H14F2N2O/c1-10-5-7-11(8-6-10)19-14(20)9-18-13-4-2-3-12(16)15(13)17/h2-8,18H,9H2,1H3,(H,19,20). The quantitative estimate of drug-likeness (QED) is 0.899. The molecule has 0 atom stereocenters. The van der Waals surface area contributed by atoms with Gasteiger partial charge in [0, 0.05) is 5.69 Å². The van der Waals surface area contributed by atoms with E-state index in [1.165, 1.54) is 12.1 Å². The third-order valence-electron chi connectivity index (χ3n) is 2.73. The van der Waals surface area contributed by atoms with Crippen LogP contribution in [-0.2, 0) is 4.79 Å². The molecule has 2 aromatic rings. The highest BCUT2D eigenvalue weighted by molar-refractivity contribution is 5.93. The van der Waals surface area contributed by atoms with Gasteiger partial charge in [-0.15, -0.1) is 0 Å². The van der Waals surface area contributed by atoms with Gasteiger partial charge in [-0.3, -0.25) is 4.79 Å². The summed E-state index contributed by atoms with van der Waals surface area (Å²) < 4.78 is 26.3. The molecular weight excluding hydrogens is 262 g/mol. The van der Waals surface area contributed by atoms with Crippen molar-refractivity contribution in [1.82, 2.24) is 0 Å². The lowest BCUT2D eigenvalue weighted by atomic mass is 10.2. The molecule has 0 unspecified atom stereocenters. The highest BCUT2D eigenvalue weighted by Gasteiger charge is 2.08. The third-order valence-corrected chi connectivity index (χ3v) is 2.73. The van der Waals surface area contributed by atoms with E-state index in [1.807, 2.05) is 19.1 Å². The number of carbonyl (C=O) groups is 1. The molecule has 2 aromatic carbocycles. The summed E-state index contributed by atoms with van der Waals surface area (Å²) in [5.41, 5.74) is 1.70. The van der Waals surface area contributed by atoms with Crippen LogP contribution in [0.1, 0.15) is 5.56 Å². The molecule has 0 aromatic heterocycles. The van der Waals surface area contributed by atoms with Gasteiger partial charge in [-0.25, -0.2) is 8.78 Å². The van der Waals surface area contributed by atoms with Crippen LogP contribution in [-0.4, -0.2) is 12.5 Å². The number of aryl methyl sites for hydroxylation is 1. The first-order valence-corrected chi connectivity index (χ1v) is 6.10. The maximum absolute atomic E-state index is 13.4. The lowest BCUT2D eigenvalue weighted by molar-refractivity contribution is -0.114. The molecule has 5 heteroatoms. The average Bonchev–Trinajstić information content (AvgIpc) is 2.43. The number of nitrogens with one attached hydrogen (secondary N) is 2. The maximum Gasteiger partial charge on any atom is 0.243 e. The summed E-state index contributed by atoms with van der Waals surface area (Å²) in [7, 11) is 0. The lowest BCUT2D eigenvalue weighted by Crippen LogP contribution is -2.22. The molecule has 0 bridgehead atoms. The van der Waals surface area contributed by atoms with E-state index in [0.717, 1.165) is 11.6 Å². The molecule has 1 amide bonds. The number of carbonyl (C=O) groups excluding carboxylic acids is 1. The number of hydrogen-bond donors (Lipinski definition) is 2. The van der Waals surface area contributed by atoms with Gasteiger partial charge >= 0.3 is 0 Å². The van der Waals surface area contributed by atoms with Gasteiger partial charge in [0.05, 0.1) is 12.2 Å². The van der Waals surface area contributed by atoms with Crippen molar-refractivity contribution in [3.63, 3.8) is 0 Å². The summed E-state index contributed by atoms with van der Waals surface area (Å²) in [6, 6.07) is 11.1. The predicted molar refractivity (Wildman–Crippen MR) is 74.7 cm³/mol. The molecule has 0 aliphatic heterocycles. The van der Waals surface area contributed by atoms with Crippen molar-refractivity contribution < 1.29 is 13.6 Å². The second kappa shape index (κ2) is 6.14. The first-order chi connectivity index (χ1) is 9.56. The molecule has 3 nitrogen and oxygen atoms in total. The Hall–Kier alpha value is -2.43. The fraction of sp³-hybridized carbons (Fsp3) is 0.133. The number of amides is 1. The Morgan fingerprint density at radius 1 is 1.10 bits per heavy atom. The number of rotatable bonds is 4. The zero-order chi connectivity index (χ0) is 14.5. The van der Waals surface area contributed by atoms with E-state index in [9.17, 15) is 13.6 Å². The summed E-state index contributed by atoms with van der Waals surface area (Å²) >= 11 is 0. The summed E-state index contributed by atoms with van der Waals surface area (Å²) in [6.45, 7) is 1.80. The van der Waals surface area contributed by atoms with Gasteiger partial charge < -0.3 is 10.6 Å². The first kappa shape index (κ1) is 14.0. The second-order valence-corrected chi connectivity index (χ2v) is 4.37. The van der Waals surface area contributed by atoms with Crippen molar-refractivity contribution >= 4 is 17.3 Å². The molecular formula is C15H14F2N2O. The number of hydrogen-bond acceptors (Lipinski definition) is 2. The summed E-state index contributed by atoms with van der Waals surface area (Å²) in [5.74, 6) is -2.28. The zero-order valence-electron chi connectivity index (χ0n) is 10.9. The van der Waals surface area contributed by atoms with Crippen molar-refractivity contribution in [3.05, 3.63) is 59.7 Å². The van der Waals surface area contributed by atoms with Gasteiger partial charge in [-0.05, 0) is 31.2 Å². The van der Waals surface area contributed by atoms with Crippen LogP contribution in [0.15, 0.2) is 42.5 Å². The lowest BCUT2D eigenvalue weighted by Gasteiger charge is -2.09. The van der Waals surface area contributed by atoms with Crippen LogP contribution in [0.4, 0.5) is 20.2 Å². The molecule has 0 spiro atoms. The Morgan fingerprint density at radius 2 is 1.80 bits per heavy atom. The van der Waals surface area contributed by atoms with Crippen LogP contribution in [0.3, 0.4) is 0 Å². The molecule has 0 fully saturated rings. The van der Waals surface area contributed by atoms with Crippen molar-refractivity contribution in [3.8, 4) is 0 Å². The molecule has 2 N–H and O–H groups in total. The van der Waals surface area contributed by atoms with Gasteiger partial charge in [-0.1, -0.05) is 23.8 Å². The second-order valence-electron chi connectivity index (χ2n) is 4.37. The molecule has 0 heterocycles. The molecule has 0 saturated heterocycles. The Bertz CT molecular complexity index is 612. The number of anilines is 2. The molecule has 0 aliphatic rings. The van der Waals surface area contributed by atoms with Crippen LogP contribution in [0, 0.1) is 18.6 Å². The third kappa shape index (κ3) is 3.54. The zero-order valence-corrected chi connectivity index (χ0v) is 10.9. The minimum absolute atomic E-state index is 0.0379. The van der Waals surface area contributed by atoms with E-state index in [4.69, 9.17) is 0 Å². The van der Waals surface area contributed by atoms with E-state index in [1.54, 1.807) is 12.1 Å². The molecule has 20 heavy (non-hydrogen) atoms. The summed E-state index contributed by atoms with van der Waals surface area (Å²) in [4.78, 5) is 11.7. The van der Waals surface area contributed by atoms with Crippen LogP contribution in [0.2, 0.25) is 0 Å². The Morgan fingerprint density at radius 3 is 2.50 bits per heavy atom. The average molecular weight is 276 g/mol. The van der Waals surface area contributed by atoms with Crippen LogP contribution in [0.25, 0.3) is 0 Å². The molecule has 2 rings (SSSR count). The van der Waals surface area contributed by atoms with Gasteiger partial charge in [-0.2, -0.15) is 0 Å². The highest BCUT2D eigenvalue weighted by atomic mass is 19.2. The van der Waals surface area contributed by atoms with Gasteiger partial charge in [0.1, 0.15) is 0 Å².